The van der Waals surface area contributed by atoms with Gasteiger partial charge in [-0.15, -0.1) is 0 Å². The molecule has 2 fully saturated rings. The van der Waals surface area contributed by atoms with Crippen LogP contribution in [0.1, 0.15) is 46.5 Å². The van der Waals surface area contributed by atoms with Gasteiger partial charge in [0.05, 0.1) is 11.1 Å². The Kier molecular flexibility index (Phi) is 5.28. The van der Waals surface area contributed by atoms with Crippen LogP contribution in [0.4, 0.5) is 0 Å². The molecule has 2 rings (SSSR count). The normalized spacial score (nSPS) is 31.9. The second-order valence-electron chi connectivity index (χ2n) is 7.40. The maximum absolute atomic E-state index is 12.5. The van der Waals surface area contributed by atoms with Crippen LogP contribution in [0.5, 0.6) is 0 Å². The van der Waals surface area contributed by atoms with Crippen molar-refractivity contribution < 1.29 is 9.90 Å². The van der Waals surface area contributed by atoms with E-state index in [4.69, 9.17) is 0 Å². The first-order valence-electron chi connectivity index (χ1n) is 8.30. The van der Waals surface area contributed by atoms with Gasteiger partial charge in [-0.2, -0.15) is 0 Å². The maximum Gasteiger partial charge on any atom is 0.240 e. The fourth-order valence-electron chi connectivity index (χ4n) is 3.62. The molecule has 1 saturated heterocycles. The minimum Gasteiger partial charge on any atom is -0.388 e. The summed E-state index contributed by atoms with van der Waals surface area (Å²) in [4.78, 5) is 14.8. The van der Waals surface area contributed by atoms with E-state index >= 15 is 0 Å². The van der Waals surface area contributed by atoms with Gasteiger partial charge in [-0.1, -0.05) is 19.8 Å². The first-order valence-corrected chi connectivity index (χ1v) is 8.30. The molecule has 5 heteroatoms. The number of nitrogens with zero attached hydrogens (tertiary/aromatic N) is 1. The average Bonchev–Trinajstić information content (AvgIpc) is 2.45. The molecule has 0 aromatic rings. The van der Waals surface area contributed by atoms with Crippen molar-refractivity contribution in [1.29, 1.82) is 0 Å². The van der Waals surface area contributed by atoms with Crippen LogP contribution in [-0.2, 0) is 4.79 Å². The van der Waals surface area contributed by atoms with Gasteiger partial charge in [0.15, 0.2) is 0 Å². The highest BCUT2D eigenvalue weighted by molar-refractivity contribution is 5.85. The lowest BCUT2D eigenvalue weighted by molar-refractivity contribution is -0.134. The molecule has 0 bridgehead atoms. The monoisotopic (exact) mass is 297 g/mol. The summed E-state index contributed by atoms with van der Waals surface area (Å²) in [5.74, 6) is 0.567. The van der Waals surface area contributed by atoms with E-state index in [1.54, 1.807) is 0 Å². The van der Waals surface area contributed by atoms with E-state index in [2.05, 4.69) is 22.5 Å². The quantitative estimate of drug-likeness (QED) is 0.716. The van der Waals surface area contributed by atoms with Crippen molar-refractivity contribution in [3.05, 3.63) is 0 Å². The van der Waals surface area contributed by atoms with E-state index in [1.807, 2.05) is 13.8 Å². The summed E-state index contributed by atoms with van der Waals surface area (Å²) in [5.41, 5.74) is -1.23. The molecule has 2 atom stereocenters. The van der Waals surface area contributed by atoms with Gasteiger partial charge in [0.2, 0.25) is 5.91 Å². The minimum atomic E-state index is -0.715. The van der Waals surface area contributed by atoms with Gasteiger partial charge in [0.25, 0.3) is 0 Å². The summed E-state index contributed by atoms with van der Waals surface area (Å²) < 4.78 is 0. The van der Waals surface area contributed by atoms with Crippen molar-refractivity contribution in [2.75, 3.05) is 32.7 Å². The predicted octanol–water partition coefficient (Wildman–Crippen LogP) is 0.728. The van der Waals surface area contributed by atoms with Gasteiger partial charge in [0.1, 0.15) is 0 Å². The van der Waals surface area contributed by atoms with E-state index in [-0.39, 0.29) is 5.91 Å². The van der Waals surface area contributed by atoms with Crippen LogP contribution in [0.15, 0.2) is 0 Å². The Hall–Kier alpha value is -0.650. The molecule has 0 radical (unpaired) electrons. The first-order chi connectivity index (χ1) is 9.83. The van der Waals surface area contributed by atoms with Gasteiger partial charge in [-0.25, -0.2) is 0 Å². The van der Waals surface area contributed by atoms with Gasteiger partial charge < -0.3 is 15.7 Å². The lowest BCUT2D eigenvalue weighted by Crippen LogP contribution is -2.61. The second kappa shape index (κ2) is 6.63. The third-order valence-electron chi connectivity index (χ3n) is 5.11. The zero-order chi connectivity index (χ0) is 15.5. The number of hydrogen-bond acceptors (Lipinski definition) is 4. The highest BCUT2D eigenvalue weighted by Crippen LogP contribution is 2.31. The van der Waals surface area contributed by atoms with Gasteiger partial charge in [-0.3, -0.25) is 9.69 Å². The summed E-state index contributed by atoms with van der Waals surface area (Å²) in [6.07, 6.45) is 3.82. The Morgan fingerprint density at radius 1 is 1.43 bits per heavy atom. The summed E-state index contributed by atoms with van der Waals surface area (Å²) in [5, 5.41) is 16.9. The summed E-state index contributed by atoms with van der Waals surface area (Å²) in [7, 11) is 0. The molecular formula is C16H31N3O2. The lowest BCUT2D eigenvalue weighted by Gasteiger charge is -2.41. The number of hydrogen-bond donors (Lipinski definition) is 3. The number of amides is 1. The van der Waals surface area contributed by atoms with E-state index in [1.165, 1.54) is 6.42 Å². The number of rotatable bonds is 4. The number of carbonyl (C=O) groups is 1. The molecule has 2 aliphatic rings. The molecule has 0 aromatic carbocycles. The number of carbonyl (C=O) groups excluding carboxylic acids is 1. The van der Waals surface area contributed by atoms with E-state index in [9.17, 15) is 9.90 Å². The van der Waals surface area contributed by atoms with Crippen molar-refractivity contribution in [3.63, 3.8) is 0 Å². The van der Waals surface area contributed by atoms with E-state index < -0.39 is 11.1 Å². The zero-order valence-electron chi connectivity index (χ0n) is 13.7. The summed E-state index contributed by atoms with van der Waals surface area (Å²) in [6, 6.07) is 0. The fourth-order valence-corrected chi connectivity index (χ4v) is 3.62. The molecule has 1 amide bonds. The van der Waals surface area contributed by atoms with Crippen LogP contribution < -0.4 is 10.6 Å². The molecule has 5 nitrogen and oxygen atoms in total. The van der Waals surface area contributed by atoms with Crippen LogP contribution in [0.3, 0.4) is 0 Å². The molecule has 0 spiro atoms. The zero-order valence-corrected chi connectivity index (χ0v) is 13.7. The Morgan fingerprint density at radius 2 is 2.10 bits per heavy atom. The predicted molar refractivity (Wildman–Crippen MR) is 84.1 cm³/mol. The molecule has 0 aromatic heterocycles. The Bertz CT molecular complexity index is 367. The molecular weight excluding hydrogens is 266 g/mol. The smallest absolute Gasteiger partial charge is 0.240 e. The van der Waals surface area contributed by atoms with Crippen LogP contribution in [0.25, 0.3) is 0 Å². The van der Waals surface area contributed by atoms with Crippen LogP contribution >= 0.6 is 0 Å². The highest BCUT2D eigenvalue weighted by Gasteiger charge is 2.38. The second-order valence-corrected chi connectivity index (χ2v) is 7.40. The topological polar surface area (TPSA) is 64.6 Å². The third kappa shape index (κ3) is 4.18. The fraction of sp³-hybridized carbons (Fsp3) is 0.938. The molecule has 21 heavy (non-hydrogen) atoms. The molecule has 1 heterocycles. The minimum absolute atomic E-state index is 0.0241. The third-order valence-corrected chi connectivity index (χ3v) is 5.11. The van der Waals surface area contributed by atoms with Crippen molar-refractivity contribution in [1.82, 2.24) is 15.5 Å². The molecule has 122 valence electrons. The number of piperazine rings is 1. The van der Waals surface area contributed by atoms with Crippen LogP contribution in [0.2, 0.25) is 0 Å². The van der Waals surface area contributed by atoms with Crippen molar-refractivity contribution in [2.45, 2.75) is 57.6 Å². The Labute approximate surface area is 128 Å². The lowest BCUT2D eigenvalue weighted by atomic mass is 9.79. The molecule has 1 saturated carbocycles. The SMILES string of the molecule is CC1CCCC(O)(CNC(=O)C(C)(C)N2CCNCC2)C1. The molecule has 2 unspecified atom stereocenters. The molecule has 1 aliphatic heterocycles. The van der Waals surface area contributed by atoms with Gasteiger partial charge in [-0.05, 0) is 32.6 Å². The van der Waals surface area contributed by atoms with Gasteiger partial charge >= 0.3 is 0 Å². The molecule has 3 N–H and O–H groups in total. The largest absolute Gasteiger partial charge is 0.388 e. The van der Waals surface area contributed by atoms with Crippen molar-refractivity contribution >= 4 is 5.91 Å². The Morgan fingerprint density at radius 3 is 2.71 bits per heavy atom. The van der Waals surface area contributed by atoms with Gasteiger partial charge in [0, 0.05) is 32.7 Å². The number of aliphatic hydroxyl groups is 1. The number of nitrogens with one attached hydrogen (secondary N) is 2. The summed E-state index contributed by atoms with van der Waals surface area (Å²) in [6.45, 7) is 10.1. The van der Waals surface area contributed by atoms with E-state index in [0.717, 1.165) is 45.4 Å². The van der Waals surface area contributed by atoms with E-state index in [0.29, 0.717) is 12.5 Å². The van der Waals surface area contributed by atoms with Crippen LogP contribution in [0, 0.1) is 5.92 Å². The maximum atomic E-state index is 12.5. The first kappa shape index (κ1) is 16.7. The summed E-state index contributed by atoms with van der Waals surface area (Å²) >= 11 is 0. The highest BCUT2D eigenvalue weighted by atomic mass is 16.3. The molecule has 1 aliphatic carbocycles. The Balaban J connectivity index is 1.88. The van der Waals surface area contributed by atoms with Crippen molar-refractivity contribution in [3.8, 4) is 0 Å². The van der Waals surface area contributed by atoms with Crippen molar-refractivity contribution in [2.24, 2.45) is 5.92 Å². The average molecular weight is 297 g/mol. The van der Waals surface area contributed by atoms with Crippen LogP contribution in [-0.4, -0.2) is 59.8 Å². The standard InChI is InChI=1S/C16H31N3O2/c1-13-5-4-6-16(21,11-13)12-18-14(20)15(2,3)19-9-7-17-8-10-19/h13,17,21H,4-12H2,1-3H3,(H,18,20).